The number of benzene rings is 2. The van der Waals surface area contributed by atoms with Crippen LogP contribution in [-0.2, 0) is 6.42 Å². The van der Waals surface area contributed by atoms with Gasteiger partial charge in [-0.3, -0.25) is 0 Å². The van der Waals surface area contributed by atoms with Gasteiger partial charge in [0.2, 0.25) is 0 Å². The van der Waals surface area contributed by atoms with Crippen molar-refractivity contribution < 1.29 is 25.2 Å². The van der Waals surface area contributed by atoms with Crippen molar-refractivity contribution >= 4 is 25.1 Å². The minimum absolute atomic E-state index is 0.00688. The molecule has 7 nitrogen and oxygen atoms in total. The Morgan fingerprint density at radius 1 is 1.08 bits per heavy atom. The van der Waals surface area contributed by atoms with Gasteiger partial charge in [0, 0.05) is 0 Å². The first-order valence-electron chi connectivity index (χ1n) is 7.74. The molecule has 0 aliphatic rings. The van der Waals surface area contributed by atoms with E-state index in [4.69, 9.17) is 0 Å². The molecule has 0 spiro atoms. The van der Waals surface area contributed by atoms with Crippen LogP contribution in [0.5, 0.6) is 23.0 Å². The van der Waals surface area contributed by atoms with Gasteiger partial charge in [0.05, 0.1) is 0 Å². The number of carbonyl (C=O) groups is 1. The summed E-state index contributed by atoms with van der Waals surface area (Å²) in [6, 6.07) is 8.83. The van der Waals surface area contributed by atoms with Crippen LogP contribution >= 0.6 is 0 Å². The summed E-state index contributed by atoms with van der Waals surface area (Å²) in [7, 11) is 0. The second-order valence-corrected chi connectivity index (χ2v) is 7.78. The first-order valence-corrected chi connectivity index (χ1v) is 9.45. The van der Waals surface area contributed by atoms with E-state index >= 15 is 0 Å². The fourth-order valence-corrected chi connectivity index (χ4v) is 4.32. The summed E-state index contributed by atoms with van der Waals surface area (Å²) in [6.45, 7) is 2.01. The zero-order valence-corrected chi connectivity index (χ0v) is 15.4. The summed E-state index contributed by atoms with van der Waals surface area (Å²) >= 11 is -0.168. The number of nitrogens with one attached hydrogen (secondary N) is 1. The van der Waals surface area contributed by atoms with Gasteiger partial charge in [-0.25, -0.2) is 0 Å². The van der Waals surface area contributed by atoms with Crippen LogP contribution in [0.4, 0.5) is 4.69 Å². The second-order valence-electron chi connectivity index (χ2n) is 5.51. The van der Waals surface area contributed by atoms with E-state index in [2.05, 4.69) is 10.3 Å². The normalized spacial score (nSPS) is 10.7. The van der Waals surface area contributed by atoms with Crippen molar-refractivity contribution in [2.45, 2.75) is 13.3 Å². The van der Waals surface area contributed by atoms with Gasteiger partial charge in [-0.2, -0.15) is 0 Å². The topological polar surface area (TPSA) is 123 Å². The fraction of sp³-hybridized carbons (Fsp3) is 0.111. The average molecular weight is 419 g/mol. The molecule has 0 aliphatic carbocycles. The Morgan fingerprint density at radius 2 is 1.69 bits per heavy atom. The summed E-state index contributed by atoms with van der Waals surface area (Å²) in [5, 5.41) is 40.6. The van der Waals surface area contributed by atoms with Crippen LogP contribution in [0.15, 0.2) is 36.4 Å². The Kier molecular flexibility index (Phi) is 4.88. The molecule has 3 aromatic rings. The molecule has 1 heterocycles. The van der Waals surface area contributed by atoms with E-state index in [0.717, 1.165) is 34.2 Å². The van der Waals surface area contributed by atoms with Gasteiger partial charge in [0.1, 0.15) is 0 Å². The molecule has 8 heteroatoms. The predicted octanol–water partition coefficient (Wildman–Crippen LogP) is 2.44. The van der Waals surface area contributed by atoms with Crippen molar-refractivity contribution in [3.05, 3.63) is 46.4 Å². The van der Waals surface area contributed by atoms with Gasteiger partial charge in [-0.1, -0.05) is 0 Å². The Balaban J connectivity index is 1.89. The molecular formula is C18H16N2O5Se. The van der Waals surface area contributed by atoms with Crippen molar-refractivity contribution in [2.24, 2.45) is 0 Å². The van der Waals surface area contributed by atoms with Gasteiger partial charge >= 0.3 is 155 Å². The Bertz CT molecular complexity index is 943. The summed E-state index contributed by atoms with van der Waals surface area (Å²) in [4.78, 5) is 16.9. The predicted molar refractivity (Wildman–Crippen MR) is 97.0 cm³/mol. The number of amides is 1. The van der Waals surface area contributed by atoms with Crippen LogP contribution in [0.2, 0.25) is 0 Å². The molecule has 1 aromatic heterocycles. The molecule has 0 unspecified atom stereocenters. The number of nitrogens with zero attached hydrogens (tertiary/aromatic N) is 1. The van der Waals surface area contributed by atoms with E-state index < -0.39 is 23.2 Å². The zero-order chi connectivity index (χ0) is 18.8. The third kappa shape index (κ3) is 3.51. The maximum atomic E-state index is 12.4. The van der Waals surface area contributed by atoms with Crippen molar-refractivity contribution in [3.8, 4) is 34.3 Å². The van der Waals surface area contributed by atoms with Crippen molar-refractivity contribution in [3.63, 3.8) is 0 Å². The van der Waals surface area contributed by atoms with Crippen LogP contribution in [0.3, 0.4) is 0 Å². The molecule has 3 rings (SSSR count). The maximum absolute atomic E-state index is 12.4. The Labute approximate surface area is 155 Å². The molecular weight excluding hydrogens is 403 g/mol. The van der Waals surface area contributed by atoms with Gasteiger partial charge in [0.15, 0.2) is 0 Å². The van der Waals surface area contributed by atoms with E-state index in [1.165, 1.54) is 0 Å². The van der Waals surface area contributed by atoms with Crippen LogP contribution in [-0.4, -0.2) is 45.8 Å². The molecule has 0 saturated heterocycles. The van der Waals surface area contributed by atoms with Gasteiger partial charge in [0.25, 0.3) is 0 Å². The molecule has 0 bridgehead atoms. The molecule has 0 atom stereocenters. The molecule has 0 aliphatic heterocycles. The first kappa shape index (κ1) is 17.8. The van der Waals surface area contributed by atoms with Gasteiger partial charge in [-0.15, -0.1) is 0 Å². The molecule has 2 aromatic carbocycles. The number of hydrogen-bond donors (Lipinski definition) is 5. The monoisotopic (exact) mass is 420 g/mol. The number of phenolic OH excluding ortho intramolecular Hbond substituents is 4. The summed E-state index contributed by atoms with van der Waals surface area (Å²) in [5.41, 5.74) is 1.64. The number of rotatable bonds is 4. The zero-order valence-electron chi connectivity index (χ0n) is 13.7. The van der Waals surface area contributed by atoms with Crippen LogP contribution in [0.1, 0.15) is 21.7 Å². The quantitative estimate of drug-likeness (QED) is 0.327. The SMILES string of the molecule is CCc1[se]c(NC(=O)c2cc(O)c(O)c(O)c2)nc1-c1ccc(O)cc1. The van der Waals surface area contributed by atoms with Gasteiger partial charge in [-0.05, 0) is 0 Å². The average Bonchev–Trinajstić information content (AvgIpc) is 3.02. The standard InChI is InChI=1S/C18H16N2O5Se/c1-2-14-15(9-3-5-11(21)6-4-9)19-18(26-14)20-17(25)10-7-12(22)16(24)13(23)8-10/h3-8,21-24H,2H2,1H3,(H,19,20,25). The number of carbonyl (C=O) groups excluding carboxylic acids is 1. The molecule has 134 valence electrons. The van der Waals surface area contributed by atoms with E-state index in [-0.39, 0.29) is 25.8 Å². The van der Waals surface area contributed by atoms with Gasteiger partial charge < -0.3 is 0 Å². The summed E-state index contributed by atoms with van der Waals surface area (Å²) < 4.78 is 1.62. The van der Waals surface area contributed by atoms with Crippen LogP contribution in [0, 0.1) is 0 Å². The minimum atomic E-state index is -0.673. The number of hydrogen-bond acceptors (Lipinski definition) is 6. The van der Waals surface area contributed by atoms with E-state index in [0.29, 0.717) is 4.69 Å². The Morgan fingerprint density at radius 3 is 2.27 bits per heavy atom. The second kappa shape index (κ2) is 7.11. The Hall–Kier alpha value is -2.96. The van der Waals surface area contributed by atoms with Crippen molar-refractivity contribution in [1.82, 2.24) is 4.98 Å². The number of aryl methyl sites for hydroxylation is 1. The van der Waals surface area contributed by atoms with Crippen molar-refractivity contribution in [1.29, 1.82) is 0 Å². The third-order valence-electron chi connectivity index (χ3n) is 3.71. The number of aromatic hydroxyl groups is 4. The van der Waals surface area contributed by atoms with E-state index in [1.807, 2.05) is 6.92 Å². The summed E-state index contributed by atoms with van der Waals surface area (Å²) in [5.74, 6) is -2.20. The number of anilines is 1. The fourth-order valence-electron chi connectivity index (χ4n) is 2.39. The van der Waals surface area contributed by atoms with E-state index in [1.54, 1.807) is 24.3 Å². The van der Waals surface area contributed by atoms with E-state index in [9.17, 15) is 25.2 Å². The first-order chi connectivity index (χ1) is 12.4. The van der Waals surface area contributed by atoms with Crippen LogP contribution < -0.4 is 5.32 Å². The molecule has 0 fully saturated rings. The third-order valence-corrected chi connectivity index (χ3v) is 6.05. The molecule has 0 saturated carbocycles. The summed E-state index contributed by atoms with van der Waals surface area (Å²) in [6.07, 6.45) is 0.778. The molecule has 0 radical (unpaired) electrons. The number of phenols is 4. The van der Waals surface area contributed by atoms with Crippen LogP contribution in [0.25, 0.3) is 11.3 Å². The van der Waals surface area contributed by atoms with Crippen molar-refractivity contribution in [2.75, 3.05) is 5.32 Å². The molecule has 26 heavy (non-hydrogen) atoms. The molecule has 5 N–H and O–H groups in total. The molecule has 1 amide bonds. The number of aromatic nitrogens is 1.